The maximum atomic E-state index is 10.0. The zero-order valence-corrected chi connectivity index (χ0v) is 14.8. The first-order valence-electron chi connectivity index (χ1n) is 5.74. The van der Waals surface area contributed by atoms with Gasteiger partial charge in [0.1, 0.15) is 24.9 Å². The van der Waals surface area contributed by atoms with Gasteiger partial charge in [-0.3, -0.25) is 0 Å². The molecule has 0 aliphatic rings. The second-order valence-corrected chi connectivity index (χ2v) is 5.23. The van der Waals surface area contributed by atoms with Crippen LogP contribution in [0.2, 0.25) is 0 Å². The van der Waals surface area contributed by atoms with E-state index >= 15 is 0 Å². The summed E-state index contributed by atoms with van der Waals surface area (Å²) in [5.74, 6) is -5.32. The first kappa shape index (κ1) is 26.4. The van der Waals surface area contributed by atoms with E-state index in [9.17, 15) is 29.7 Å². The molecule has 0 heterocycles. The Labute approximate surface area is 157 Å². The van der Waals surface area contributed by atoms with E-state index in [1.165, 1.54) is 0 Å². The third kappa shape index (κ3) is 15.9. The molecule has 0 aliphatic carbocycles. The van der Waals surface area contributed by atoms with Gasteiger partial charge in [-0.05, 0) is 0 Å². The fraction of sp³-hybridized carbons (Fsp3) is 0.727. The van der Waals surface area contributed by atoms with E-state index in [-0.39, 0.29) is 44.2 Å². The summed E-state index contributed by atoms with van der Waals surface area (Å²) in [6, 6.07) is 0. The molecule has 0 radical (unpaired) electrons. The number of carbonyl (C=O) groups excluding carboxylic acids is 3. The molecule has 0 aromatic heterocycles. The van der Waals surface area contributed by atoms with Crippen molar-refractivity contribution in [2.45, 2.75) is 24.7 Å². The molecule has 11 heteroatoms. The van der Waals surface area contributed by atoms with Crippen molar-refractivity contribution in [2.24, 2.45) is 0 Å². The second kappa shape index (κ2) is 12.0. The van der Waals surface area contributed by atoms with Crippen LogP contribution in [0.4, 0.5) is 0 Å². The first-order valence-corrected chi connectivity index (χ1v) is 5.74. The van der Waals surface area contributed by atoms with Crippen molar-refractivity contribution in [3.63, 3.8) is 0 Å². The standard InChI is InChI=1S/C7H15NO3.C4H6O6.Ca/c1-8(2,3)5-6(9)4-7(10)11;5-1(3(7)8)2(6)4(9)10;/h6,9H,4-5H2,1-3H3;1-2,5-6H,(H,7,8)(H,9,10);/q;;+2/p-2/t6-;;/m1../s1. The normalized spacial score (nSPS) is 14.5. The van der Waals surface area contributed by atoms with Gasteiger partial charge in [-0.2, -0.15) is 0 Å². The van der Waals surface area contributed by atoms with E-state index in [1.807, 2.05) is 21.1 Å². The molecule has 0 aromatic carbocycles. The van der Waals surface area contributed by atoms with Gasteiger partial charge in [0.25, 0.3) is 0 Å². The number of aliphatic hydroxyl groups excluding tert-OH is 3. The molecular weight excluding hydrogens is 330 g/mol. The van der Waals surface area contributed by atoms with Gasteiger partial charge in [0, 0.05) is 12.4 Å². The Morgan fingerprint density at radius 3 is 1.41 bits per heavy atom. The van der Waals surface area contributed by atoms with Crippen LogP contribution >= 0.6 is 0 Å². The van der Waals surface area contributed by atoms with E-state index in [4.69, 9.17) is 15.3 Å². The number of carboxylic acid groups (broad SMARTS) is 3. The van der Waals surface area contributed by atoms with Crippen LogP contribution in [-0.4, -0.2) is 121 Å². The summed E-state index contributed by atoms with van der Waals surface area (Å²) in [6.07, 6.45) is -5.97. The molecule has 3 atom stereocenters. The van der Waals surface area contributed by atoms with Crippen LogP contribution in [0.1, 0.15) is 6.42 Å². The van der Waals surface area contributed by atoms with Crippen LogP contribution in [-0.2, 0) is 14.4 Å². The Hall–Kier alpha value is -0.490. The van der Waals surface area contributed by atoms with E-state index in [1.54, 1.807) is 0 Å². The van der Waals surface area contributed by atoms with Crippen molar-refractivity contribution in [3.05, 3.63) is 0 Å². The smallest absolute Gasteiger partial charge is 0.550 e. The Bertz CT molecular complexity index is 351. The van der Waals surface area contributed by atoms with Gasteiger partial charge in [0.15, 0.2) is 0 Å². The zero-order valence-electron chi connectivity index (χ0n) is 12.6. The summed E-state index contributed by atoms with van der Waals surface area (Å²) in [5.41, 5.74) is 0. The van der Waals surface area contributed by atoms with Gasteiger partial charge in [-0.25, -0.2) is 0 Å². The predicted octanol–water partition coefficient (Wildman–Crippen LogP) is -6.98. The minimum Gasteiger partial charge on any atom is -0.550 e. The molecule has 3 N–H and O–H groups in total. The van der Waals surface area contributed by atoms with Gasteiger partial charge in [-0.1, -0.05) is 0 Å². The molecule has 0 amide bonds. The number of carbonyl (C=O) groups is 3. The summed E-state index contributed by atoms with van der Waals surface area (Å²) in [7, 11) is 5.66. The van der Waals surface area contributed by atoms with Crippen molar-refractivity contribution >= 4 is 55.6 Å². The number of likely N-dealkylation sites (N-methyl/N-ethyl adjacent to an activating group) is 1. The third-order valence-electron chi connectivity index (χ3n) is 1.94. The summed E-state index contributed by atoms with van der Waals surface area (Å²) < 4.78 is 0.550. The number of aliphatic carboxylic acids is 3. The molecule has 0 saturated heterocycles. The second-order valence-electron chi connectivity index (χ2n) is 5.23. The number of rotatable bonds is 7. The predicted molar refractivity (Wildman–Crippen MR) is 66.3 cm³/mol. The Balaban J connectivity index is -0.000000315. The average Bonchev–Trinajstić information content (AvgIpc) is 2.23. The van der Waals surface area contributed by atoms with Crippen molar-refractivity contribution < 1.29 is 49.5 Å². The number of nitrogens with zero attached hydrogens (tertiary/aromatic N) is 1. The van der Waals surface area contributed by atoms with Gasteiger partial charge in [0.05, 0.1) is 33.1 Å². The van der Waals surface area contributed by atoms with Gasteiger partial charge in [-0.15, -0.1) is 0 Å². The minimum atomic E-state index is -2.44. The number of hydrogen-bond acceptors (Lipinski definition) is 9. The van der Waals surface area contributed by atoms with E-state index in [2.05, 4.69) is 0 Å². The van der Waals surface area contributed by atoms with Crippen LogP contribution < -0.4 is 15.3 Å². The van der Waals surface area contributed by atoms with Crippen LogP contribution in [0.15, 0.2) is 0 Å². The van der Waals surface area contributed by atoms with Crippen LogP contribution in [0, 0.1) is 0 Å². The monoisotopic (exact) mass is 349 g/mol. The number of aliphatic hydroxyl groups is 3. The van der Waals surface area contributed by atoms with Gasteiger partial charge >= 0.3 is 37.7 Å². The van der Waals surface area contributed by atoms with Crippen molar-refractivity contribution in [1.82, 2.24) is 0 Å². The fourth-order valence-electron chi connectivity index (χ4n) is 1.15. The summed E-state index contributed by atoms with van der Waals surface area (Å²) in [5, 5.41) is 54.9. The number of quaternary nitrogens is 1. The average molecular weight is 349 g/mol. The SMILES string of the molecule is C[N+](C)(C)C[C@H](O)CC(=O)[O-].O=C([O-])C(O)C(O)C(=O)[O-].[Ca+2]. The molecule has 124 valence electrons. The van der Waals surface area contributed by atoms with Gasteiger partial charge < -0.3 is 49.5 Å². The number of hydrogen-bond donors (Lipinski definition) is 3. The van der Waals surface area contributed by atoms with Crippen molar-refractivity contribution in [2.75, 3.05) is 27.7 Å². The van der Waals surface area contributed by atoms with E-state index < -0.39 is 36.2 Å². The van der Waals surface area contributed by atoms with E-state index in [0.717, 1.165) is 0 Å². The molecule has 2 unspecified atom stereocenters. The maximum Gasteiger partial charge on any atom is 2.00 e. The van der Waals surface area contributed by atoms with Crippen molar-refractivity contribution in [3.8, 4) is 0 Å². The minimum absolute atomic E-state index is 0. The first-order chi connectivity index (χ1) is 9.27. The van der Waals surface area contributed by atoms with Crippen molar-refractivity contribution in [1.29, 1.82) is 0 Å². The van der Waals surface area contributed by atoms with E-state index in [0.29, 0.717) is 11.0 Å². The quantitative estimate of drug-likeness (QED) is 0.297. The molecule has 10 nitrogen and oxygen atoms in total. The van der Waals surface area contributed by atoms with Crippen LogP contribution in [0.3, 0.4) is 0 Å². The summed E-state index contributed by atoms with van der Waals surface area (Å²) >= 11 is 0. The third-order valence-corrected chi connectivity index (χ3v) is 1.94. The summed E-state index contributed by atoms with van der Waals surface area (Å²) in [6.45, 7) is 0.425. The van der Waals surface area contributed by atoms with Crippen LogP contribution in [0.25, 0.3) is 0 Å². The Morgan fingerprint density at radius 2 is 1.23 bits per heavy atom. The maximum absolute atomic E-state index is 10.0. The molecule has 0 aromatic rings. The summed E-state index contributed by atoms with van der Waals surface area (Å²) in [4.78, 5) is 29.3. The Kier molecular flexibility index (Phi) is 14.4. The molecule has 0 fully saturated rings. The largest absolute Gasteiger partial charge is 2.00 e. The van der Waals surface area contributed by atoms with Crippen LogP contribution in [0.5, 0.6) is 0 Å². The molecule has 0 saturated carbocycles. The molecule has 0 spiro atoms. The Morgan fingerprint density at radius 1 is 0.909 bits per heavy atom. The molecule has 0 rings (SSSR count). The molecule has 22 heavy (non-hydrogen) atoms. The molecule has 0 aliphatic heterocycles. The van der Waals surface area contributed by atoms with Gasteiger partial charge in [0.2, 0.25) is 0 Å². The molecular formula is C11H19CaNO9. The number of carboxylic acids is 3. The zero-order chi connectivity index (χ0) is 17.4. The topological polar surface area (TPSA) is 181 Å². The molecule has 0 bridgehead atoms. The fourth-order valence-corrected chi connectivity index (χ4v) is 1.15.